The first kappa shape index (κ1) is 29.8. The normalized spacial score (nSPS) is 17.1. The highest BCUT2D eigenvalue weighted by molar-refractivity contribution is 6.01. The number of halogens is 1. The van der Waals surface area contributed by atoms with Gasteiger partial charge < -0.3 is 20.3 Å². The van der Waals surface area contributed by atoms with E-state index in [0.717, 1.165) is 0 Å². The van der Waals surface area contributed by atoms with Crippen LogP contribution < -0.4 is 15.2 Å². The van der Waals surface area contributed by atoms with Gasteiger partial charge in [-0.15, -0.1) is 0 Å². The molecule has 0 saturated carbocycles. The first-order chi connectivity index (χ1) is 20.4. The predicted octanol–water partition coefficient (Wildman–Crippen LogP) is 4.80. The van der Waals surface area contributed by atoms with Crippen LogP contribution in [0.25, 0.3) is 22.2 Å². The summed E-state index contributed by atoms with van der Waals surface area (Å²) in [4.78, 5) is 46.8. The minimum Gasteiger partial charge on any atom is -0.489 e. The smallest absolute Gasteiger partial charge is 0.231 e. The molecule has 2 aromatic heterocycles. The number of ketones is 2. The molecular weight excluding hydrogens is 553 g/mol. The van der Waals surface area contributed by atoms with E-state index in [1.807, 2.05) is 0 Å². The number of aliphatic hydroxyl groups is 1. The minimum atomic E-state index is -1.61. The number of amides is 1. The van der Waals surface area contributed by atoms with Crippen LogP contribution >= 0.6 is 0 Å². The largest absolute Gasteiger partial charge is 0.489 e. The van der Waals surface area contributed by atoms with Gasteiger partial charge in [0.1, 0.15) is 52.8 Å². The van der Waals surface area contributed by atoms with Crippen molar-refractivity contribution in [2.24, 2.45) is 5.73 Å². The molecule has 0 saturated heterocycles. The van der Waals surface area contributed by atoms with Crippen LogP contribution in [0.4, 0.5) is 4.39 Å². The van der Waals surface area contributed by atoms with Crippen LogP contribution in [-0.4, -0.2) is 45.8 Å². The number of hydrogen-bond donors (Lipinski definition) is 2. The number of carbonyl (C=O) groups is 3. The van der Waals surface area contributed by atoms with Gasteiger partial charge >= 0.3 is 0 Å². The van der Waals surface area contributed by atoms with Crippen molar-refractivity contribution in [2.45, 2.75) is 51.0 Å². The summed E-state index contributed by atoms with van der Waals surface area (Å²) in [6.07, 6.45) is 1.86. The summed E-state index contributed by atoms with van der Waals surface area (Å²) in [6, 6.07) is 14.0. The Balaban J connectivity index is 1.46. The van der Waals surface area contributed by atoms with E-state index in [9.17, 15) is 23.9 Å². The second-order valence-electron chi connectivity index (χ2n) is 11.2. The summed E-state index contributed by atoms with van der Waals surface area (Å²) in [7, 11) is 0. The van der Waals surface area contributed by atoms with Crippen LogP contribution in [-0.2, 0) is 20.6 Å². The van der Waals surface area contributed by atoms with Crippen LogP contribution in [0.2, 0.25) is 0 Å². The number of benzene rings is 2. The maximum atomic E-state index is 13.7. The maximum Gasteiger partial charge on any atom is 0.231 e. The van der Waals surface area contributed by atoms with E-state index < -0.39 is 22.7 Å². The summed E-state index contributed by atoms with van der Waals surface area (Å²) in [5, 5.41) is 12.3. The number of nitrogens with two attached hydrogens (primary N) is 1. The molecule has 0 fully saturated rings. The van der Waals surface area contributed by atoms with E-state index in [0.29, 0.717) is 51.2 Å². The lowest BCUT2D eigenvalue weighted by molar-refractivity contribution is -0.123. The fourth-order valence-corrected chi connectivity index (χ4v) is 4.99. The van der Waals surface area contributed by atoms with Gasteiger partial charge in [-0.3, -0.25) is 19.4 Å². The molecule has 222 valence electrons. The number of fused-ring (bicyclic) bond motifs is 2. The zero-order valence-electron chi connectivity index (χ0n) is 24.1. The number of rotatable bonds is 11. The van der Waals surface area contributed by atoms with Crippen LogP contribution in [0.3, 0.4) is 0 Å². The van der Waals surface area contributed by atoms with Gasteiger partial charge in [-0.05, 0) is 68.8 Å². The molecule has 2 aromatic carbocycles. The number of pyridine rings is 2. The number of hydrogen-bond acceptors (Lipinski definition) is 8. The molecule has 1 aliphatic heterocycles. The van der Waals surface area contributed by atoms with Gasteiger partial charge in [-0.25, -0.2) is 9.37 Å². The number of carbonyl (C=O) groups excluding carboxylic acids is 3. The highest BCUT2D eigenvalue weighted by Crippen LogP contribution is 2.46. The average Bonchev–Trinajstić information content (AvgIpc) is 3.36. The SMILES string of the molecule is CCC(=O)COc1cc(C(=O)CC[C@](C)(O)c2cc3c(c(-c4ccc(F)cc4)n2)OC[C@]3(C)C(N)=O)cc2cccnc12. The van der Waals surface area contributed by atoms with Crippen molar-refractivity contribution in [1.82, 2.24) is 9.97 Å². The van der Waals surface area contributed by atoms with Crippen molar-refractivity contribution < 1.29 is 33.4 Å². The Morgan fingerprint density at radius 1 is 1.16 bits per heavy atom. The lowest BCUT2D eigenvalue weighted by atomic mass is 9.81. The zero-order valence-corrected chi connectivity index (χ0v) is 24.1. The van der Waals surface area contributed by atoms with Crippen LogP contribution in [0.5, 0.6) is 11.5 Å². The van der Waals surface area contributed by atoms with Gasteiger partial charge in [0.25, 0.3) is 0 Å². The Bertz CT molecular complexity index is 1740. The van der Waals surface area contributed by atoms with Gasteiger partial charge in [-0.2, -0.15) is 0 Å². The molecule has 9 nitrogen and oxygen atoms in total. The third-order valence-electron chi connectivity index (χ3n) is 7.90. The van der Waals surface area contributed by atoms with Crippen LogP contribution in [0.1, 0.15) is 61.6 Å². The van der Waals surface area contributed by atoms with Crippen LogP contribution in [0.15, 0.2) is 60.8 Å². The molecule has 3 heterocycles. The standard InChI is InChI=1S/C33H32FN3O6/c1-4-23(38)17-42-26-15-21(14-20-6-5-13-36-28(20)26)25(39)11-12-33(3,41)27-16-24-30(43-18-32(24,2)31(35)40)29(37-27)19-7-9-22(34)10-8-19/h5-10,13-16,41H,4,11-12,17-18H2,1-3H3,(H2,35,40)/t32-,33-/m0/s1. The molecule has 0 radical (unpaired) electrons. The predicted molar refractivity (Wildman–Crippen MR) is 157 cm³/mol. The Kier molecular flexibility index (Phi) is 7.98. The summed E-state index contributed by atoms with van der Waals surface area (Å²) in [5.74, 6) is -0.723. The number of primary amides is 1. The molecule has 3 N–H and O–H groups in total. The minimum absolute atomic E-state index is 0.00971. The summed E-state index contributed by atoms with van der Waals surface area (Å²) < 4.78 is 25.3. The lowest BCUT2D eigenvalue weighted by Crippen LogP contribution is -2.40. The topological polar surface area (TPSA) is 142 Å². The fourth-order valence-electron chi connectivity index (χ4n) is 4.99. The molecule has 1 aliphatic rings. The van der Waals surface area contributed by atoms with Gasteiger partial charge in [0.2, 0.25) is 5.91 Å². The van der Waals surface area contributed by atoms with Crippen molar-refractivity contribution in [3.63, 3.8) is 0 Å². The third-order valence-corrected chi connectivity index (χ3v) is 7.90. The van der Waals surface area contributed by atoms with Gasteiger partial charge in [0, 0.05) is 41.1 Å². The van der Waals surface area contributed by atoms with E-state index in [-0.39, 0.29) is 43.3 Å². The molecule has 0 bridgehead atoms. The highest BCUT2D eigenvalue weighted by atomic mass is 19.1. The van der Waals surface area contributed by atoms with Crippen LogP contribution in [0, 0.1) is 5.82 Å². The summed E-state index contributed by atoms with van der Waals surface area (Å²) in [5.41, 5.74) is 5.37. The lowest BCUT2D eigenvalue weighted by Gasteiger charge is -2.26. The van der Waals surface area contributed by atoms with Crippen molar-refractivity contribution in [1.29, 1.82) is 0 Å². The van der Waals surface area contributed by atoms with Gasteiger partial charge in [0.05, 0.1) is 5.69 Å². The monoisotopic (exact) mass is 585 g/mol. The Morgan fingerprint density at radius 3 is 2.60 bits per heavy atom. The second-order valence-corrected chi connectivity index (χ2v) is 11.2. The molecule has 4 aromatic rings. The number of Topliss-reactive ketones (excluding diaryl/α,β-unsaturated/α-hetero) is 2. The molecular formula is C33H32FN3O6. The molecule has 2 atom stereocenters. The van der Waals surface area contributed by atoms with E-state index in [1.165, 1.54) is 31.2 Å². The molecule has 0 aliphatic carbocycles. The zero-order chi connectivity index (χ0) is 30.9. The quantitative estimate of drug-likeness (QED) is 0.239. The molecule has 0 unspecified atom stereocenters. The van der Waals surface area contributed by atoms with E-state index in [2.05, 4.69) is 9.97 Å². The third kappa shape index (κ3) is 5.83. The molecule has 10 heteroatoms. The van der Waals surface area contributed by atoms with Gasteiger partial charge in [0.15, 0.2) is 11.6 Å². The van der Waals surface area contributed by atoms with Crippen molar-refractivity contribution in [3.8, 4) is 22.8 Å². The Hall–Kier alpha value is -4.70. The second kappa shape index (κ2) is 11.5. The van der Waals surface area contributed by atoms with Crippen molar-refractivity contribution >= 4 is 28.4 Å². The van der Waals surface area contributed by atoms with E-state index in [1.54, 1.807) is 50.4 Å². The molecule has 5 rings (SSSR count). The number of nitrogens with zero attached hydrogens (tertiary/aromatic N) is 2. The maximum absolute atomic E-state index is 13.7. The first-order valence-corrected chi connectivity index (χ1v) is 14.0. The molecule has 1 amide bonds. The highest BCUT2D eigenvalue weighted by Gasteiger charge is 2.45. The van der Waals surface area contributed by atoms with Crippen molar-refractivity contribution in [2.75, 3.05) is 13.2 Å². The molecule has 43 heavy (non-hydrogen) atoms. The summed E-state index contributed by atoms with van der Waals surface area (Å²) in [6.45, 7) is 4.79. The first-order valence-electron chi connectivity index (χ1n) is 14.0. The summed E-state index contributed by atoms with van der Waals surface area (Å²) >= 11 is 0. The Labute approximate surface area is 247 Å². The Morgan fingerprint density at radius 2 is 1.91 bits per heavy atom. The van der Waals surface area contributed by atoms with E-state index >= 15 is 0 Å². The van der Waals surface area contributed by atoms with E-state index in [4.69, 9.17) is 15.2 Å². The van der Waals surface area contributed by atoms with Gasteiger partial charge in [-0.1, -0.05) is 13.0 Å². The average molecular weight is 586 g/mol. The number of ether oxygens (including phenoxy) is 2. The number of aromatic nitrogens is 2. The van der Waals surface area contributed by atoms with Crippen molar-refractivity contribution in [3.05, 3.63) is 83.4 Å². The fraction of sp³-hybridized carbons (Fsp3) is 0.303. The molecule has 0 spiro atoms.